The number of phenols is 1. The minimum Gasteiger partial charge on any atom is -0.508 e. The highest BCUT2D eigenvalue weighted by atomic mass is 16.3. The number of benzene rings is 2. The topological polar surface area (TPSA) is 77.8 Å². The van der Waals surface area contributed by atoms with Crippen LogP contribution in [-0.4, -0.2) is 65.5 Å². The fraction of sp³-hybridized carbons (Fsp3) is 0.304. The summed E-state index contributed by atoms with van der Waals surface area (Å²) >= 11 is 0. The quantitative estimate of drug-likeness (QED) is 0.615. The van der Waals surface area contributed by atoms with Crippen LogP contribution in [0.1, 0.15) is 26.3 Å². The maximum atomic E-state index is 12.8. The Morgan fingerprint density at radius 3 is 2.47 bits per heavy atom. The van der Waals surface area contributed by atoms with Crippen molar-refractivity contribution >= 4 is 22.7 Å². The lowest BCUT2D eigenvalue weighted by atomic mass is 9.92. The van der Waals surface area contributed by atoms with Crippen LogP contribution in [0.2, 0.25) is 0 Å². The molecule has 2 N–H and O–H groups in total. The van der Waals surface area contributed by atoms with Crippen LogP contribution in [0.3, 0.4) is 0 Å². The van der Waals surface area contributed by atoms with E-state index in [1.54, 1.807) is 18.2 Å². The largest absolute Gasteiger partial charge is 0.508 e. The first kappa shape index (κ1) is 20.1. The summed E-state index contributed by atoms with van der Waals surface area (Å²) in [4.78, 5) is 29.8. The van der Waals surface area contributed by atoms with Crippen molar-refractivity contribution in [2.75, 3.05) is 34.2 Å². The van der Waals surface area contributed by atoms with E-state index in [4.69, 9.17) is 0 Å². The van der Waals surface area contributed by atoms with E-state index in [-0.39, 0.29) is 11.7 Å². The molecule has 1 aliphatic rings. The number of likely N-dealkylation sites (N-methyl/N-ethyl adjacent to an activating group) is 2. The van der Waals surface area contributed by atoms with Gasteiger partial charge in [0.1, 0.15) is 5.75 Å². The van der Waals surface area contributed by atoms with Crippen molar-refractivity contribution in [3.63, 3.8) is 0 Å². The molecule has 2 heterocycles. The maximum Gasteiger partial charge on any atom is 0.259 e. The van der Waals surface area contributed by atoms with Crippen LogP contribution in [0.25, 0.3) is 22.0 Å². The van der Waals surface area contributed by atoms with Crippen molar-refractivity contribution in [2.24, 2.45) is 7.05 Å². The van der Waals surface area contributed by atoms with Gasteiger partial charge in [0, 0.05) is 43.8 Å². The fourth-order valence-corrected chi connectivity index (χ4v) is 4.09. The second kappa shape index (κ2) is 7.59. The summed E-state index contributed by atoms with van der Waals surface area (Å²) < 4.78 is 1.99. The Kier molecular flexibility index (Phi) is 5.09. The van der Waals surface area contributed by atoms with Gasteiger partial charge in [0.25, 0.3) is 11.8 Å². The summed E-state index contributed by atoms with van der Waals surface area (Å²) in [6.45, 7) is 2.49. The molecule has 0 bridgehead atoms. The Labute approximate surface area is 175 Å². The zero-order valence-electron chi connectivity index (χ0n) is 17.7. The molecule has 2 aromatic carbocycles. The first-order valence-corrected chi connectivity index (χ1v) is 9.89. The molecule has 30 heavy (non-hydrogen) atoms. The zero-order valence-corrected chi connectivity index (χ0v) is 17.7. The third-order valence-electron chi connectivity index (χ3n) is 5.56. The number of carbonyl (C=O) groups excluding carboxylic acids is 2. The third-order valence-corrected chi connectivity index (χ3v) is 5.56. The van der Waals surface area contributed by atoms with Crippen LogP contribution >= 0.6 is 0 Å². The van der Waals surface area contributed by atoms with Crippen LogP contribution in [0.4, 0.5) is 0 Å². The third kappa shape index (κ3) is 3.46. The average molecular weight is 406 g/mol. The summed E-state index contributed by atoms with van der Waals surface area (Å²) in [6, 6.07) is 8.68. The Morgan fingerprint density at radius 1 is 1.03 bits per heavy atom. The van der Waals surface area contributed by atoms with Crippen molar-refractivity contribution in [3.8, 4) is 16.9 Å². The minimum absolute atomic E-state index is 0.112. The van der Waals surface area contributed by atoms with Gasteiger partial charge in [0.05, 0.1) is 11.1 Å². The predicted octanol–water partition coefficient (Wildman–Crippen LogP) is 2.43. The van der Waals surface area contributed by atoms with Crippen LogP contribution in [0.15, 0.2) is 36.5 Å². The summed E-state index contributed by atoms with van der Waals surface area (Å²) in [5.41, 5.74) is 4.04. The van der Waals surface area contributed by atoms with Gasteiger partial charge in [-0.1, -0.05) is 12.1 Å². The summed E-state index contributed by atoms with van der Waals surface area (Å²) in [5, 5.41) is 13.2. The molecule has 0 fully saturated rings. The molecular weight excluding hydrogens is 380 g/mol. The number of rotatable bonds is 6. The molecule has 0 atom stereocenters. The number of aromatic hydroxyl groups is 1. The number of aromatic nitrogens is 1. The molecule has 4 rings (SSSR count). The number of aryl methyl sites for hydroxylation is 1. The lowest BCUT2D eigenvalue weighted by Crippen LogP contribution is -2.28. The van der Waals surface area contributed by atoms with Crippen LogP contribution in [0, 0.1) is 0 Å². The van der Waals surface area contributed by atoms with Crippen LogP contribution < -0.4 is 5.32 Å². The van der Waals surface area contributed by atoms with E-state index in [0.717, 1.165) is 29.6 Å². The standard InChI is InChI=1S/C23H26N4O3/c1-25(2)8-9-26(3)12-15-13-27(4)18-11-17(14-6-5-7-16(28)10-14)20-21(19(15)18)23(30)24-22(20)29/h5-7,10-11,13,28H,8-9,12H2,1-4H3,(H,24,29,30). The predicted molar refractivity (Wildman–Crippen MR) is 117 cm³/mol. The van der Waals surface area contributed by atoms with E-state index in [0.29, 0.717) is 28.8 Å². The number of hydrogen-bond donors (Lipinski definition) is 2. The number of nitrogens with one attached hydrogen (secondary N) is 1. The number of imide groups is 1. The van der Waals surface area contributed by atoms with Crippen molar-refractivity contribution in [3.05, 3.63) is 53.2 Å². The van der Waals surface area contributed by atoms with Gasteiger partial charge in [-0.05, 0) is 56.0 Å². The summed E-state index contributed by atoms with van der Waals surface area (Å²) in [5.74, 6) is -0.655. The van der Waals surface area contributed by atoms with Crippen LogP contribution in [-0.2, 0) is 13.6 Å². The Morgan fingerprint density at radius 2 is 1.77 bits per heavy atom. The zero-order chi connectivity index (χ0) is 21.6. The number of phenolic OH excluding ortho intramolecular Hbond substituents is 1. The van der Waals surface area contributed by atoms with E-state index >= 15 is 0 Å². The molecule has 0 radical (unpaired) electrons. The molecule has 0 spiro atoms. The van der Waals surface area contributed by atoms with E-state index in [9.17, 15) is 14.7 Å². The second-order valence-corrected chi connectivity index (χ2v) is 8.21. The van der Waals surface area contributed by atoms with Crippen molar-refractivity contribution in [1.29, 1.82) is 0 Å². The van der Waals surface area contributed by atoms with Crippen molar-refractivity contribution < 1.29 is 14.7 Å². The highest BCUT2D eigenvalue weighted by molar-refractivity contribution is 6.29. The molecule has 1 aromatic heterocycles. The van der Waals surface area contributed by atoms with E-state index < -0.39 is 5.91 Å². The lowest BCUT2D eigenvalue weighted by Gasteiger charge is -2.19. The molecule has 7 heteroatoms. The molecule has 0 saturated heterocycles. The van der Waals surface area contributed by atoms with E-state index in [1.165, 1.54) is 0 Å². The maximum absolute atomic E-state index is 12.8. The monoisotopic (exact) mass is 406 g/mol. The number of nitrogens with zero attached hydrogens (tertiary/aromatic N) is 3. The summed E-state index contributed by atoms with van der Waals surface area (Å²) in [6.07, 6.45) is 2.03. The average Bonchev–Trinajstić information content (AvgIpc) is 3.15. The molecule has 156 valence electrons. The normalized spacial score (nSPS) is 13.5. The fourth-order valence-electron chi connectivity index (χ4n) is 4.09. The Hall–Kier alpha value is -3.16. The molecule has 2 amide bonds. The molecule has 3 aromatic rings. The van der Waals surface area contributed by atoms with Gasteiger partial charge in [-0.15, -0.1) is 0 Å². The van der Waals surface area contributed by atoms with Gasteiger partial charge in [-0.2, -0.15) is 0 Å². The smallest absolute Gasteiger partial charge is 0.259 e. The molecular formula is C23H26N4O3. The second-order valence-electron chi connectivity index (χ2n) is 8.21. The minimum atomic E-state index is -0.397. The number of fused-ring (bicyclic) bond motifs is 3. The Balaban J connectivity index is 1.89. The van der Waals surface area contributed by atoms with Gasteiger partial charge < -0.3 is 19.5 Å². The molecule has 0 aliphatic carbocycles. The number of carbonyl (C=O) groups is 2. The number of amides is 2. The molecule has 0 unspecified atom stereocenters. The van der Waals surface area contributed by atoms with Crippen LogP contribution in [0.5, 0.6) is 5.75 Å². The highest BCUT2D eigenvalue weighted by Gasteiger charge is 2.34. The van der Waals surface area contributed by atoms with E-state index in [2.05, 4.69) is 22.2 Å². The van der Waals surface area contributed by atoms with Crippen molar-refractivity contribution in [1.82, 2.24) is 19.7 Å². The SMILES string of the molecule is CN(C)CCN(C)Cc1cn(C)c2cc(-c3cccc(O)c3)c3c(c12)C(=O)NC3=O. The first-order chi connectivity index (χ1) is 14.3. The lowest BCUT2D eigenvalue weighted by molar-refractivity contribution is 0.0880. The van der Waals surface area contributed by atoms with Gasteiger partial charge >= 0.3 is 0 Å². The highest BCUT2D eigenvalue weighted by Crippen LogP contribution is 2.38. The van der Waals surface area contributed by atoms with Gasteiger partial charge in [-0.25, -0.2) is 0 Å². The van der Waals surface area contributed by atoms with E-state index in [1.807, 2.05) is 44.0 Å². The molecule has 0 saturated carbocycles. The first-order valence-electron chi connectivity index (χ1n) is 9.89. The van der Waals surface area contributed by atoms with Gasteiger partial charge in [0.2, 0.25) is 0 Å². The van der Waals surface area contributed by atoms with Crippen molar-refractivity contribution in [2.45, 2.75) is 6.54 Å². The molecule has 1 aliphatic heterocycles. The van der Waals surface area contributed by atoms with Gasteiger partial charge in [-0.3, -0.25) is 14.9 Å². The Bertz CT molecular complexity index is 1160. The van der Waals surface area contributed by atoms with Gasteiger partial charge in [0.15, 0.2) is 0 Å². The summed E-state index contributed by atoms with van der Waals surface area (Å²) in [7, 11) is 8.07. The molecule has 7 nitrogen and oxygen atoms in total. The number of hydrogen-bond acceptors (Lipinski definition) is 5.